The van der Waals surface area contributed by atoms with Crippen molar-refractivity contribution in [3.63, 3.8) is 0 Å². The number of hydrogen-bond donors (Lipinski definition) is 1. The van der Waals surface area contributed by atoms with Gasteiger partial charge in [0.05, 0.1) is 17.1 Å². The Morgan fingerprint density at radius 2 is 1.68 bits per heavy atom. The Bertz CT molecular complexity index is 1340. The summed E-state index contributed by atoms with van der Waals surface area (Å²) in [5, 5.41) is 3.39. The van der Waals surface area contributed by atoms with Gasteiger partial charge in [0.2, 0.25) is 5.95 Å². The fraction of sp³-hybridized carbons (Fsp3) is 0.115. The lowest BCUT2D eigenvalue weighted by Crippen LogP contribution is -2.10. The van der Waals surface area contributed by atoms with E-state index in [0.29, 0.717) is 5.95 Å². The van der Waals surface area contributed by atoms with E-state index in [1.165, 1.54) is 16.7 Å². The molecule has 0 saturated heterocycles. The van der Waals surface area contributed by atoms with Crippen molar-refractivity contribution in [2.75, 3.05) is 5.32 Å². The van der Waals surface area contributed by atoms with Crippen LogP contribution in [0, 0.1) is 6.92 Å². The summed E-state index contributed by atoms with van der Waals surface area (Å²) in [5.74, 6) is 1.37. The van der Waals surface area contributed by atoms with Gasteiger partial charge in [-0.05, 0) is 48.7 Å². The van der Waals surface area contributed by atoms with Crippen molar-refractivity contribution in [1.82, 2.24) is 19.5 Å². The van der Waals surface area contributed by atoms with Gasteiger partial charge in [0.15, 0.2) is 0 Å². The first-order chi connectivity index (χ1) is 15.2. The molecule has 0 radical (unpaired) electrons. The van der Waals surface area contributed by atoms with Gasteiger partial charge in [-0.25, -0.2) is 9.97 Å². The summed E-state index contributed by atoms with van der Waals surface area (Å²) in [6.07, 6.45) is 3.59. The molecule has 0 bridgehead atoms. The number of aryl methyl sites for hydroxylation is 1. The van der Waals surface area contributed by atoms with E-state index in [1.807, 2.05) is 35.2 Å². The van der Waals surface area contributed by atoms with Crippen molar-refractivity contribution in [1.29, 1.82) is 0 Å². The molecule has 1 unspecified atom stereocenters. The van der Waals surface area contributed by atoms with Gasteiger partial charge in [0, 0.05) is 6.20 Å². The van der Waals surface area contributed by atoms with Crippen LogP contribution >= 0.6 is 0 Å². The van der Waals surface area contributed by atoms with E-state index in [9.17, 15) is 0 Å². The van der Waals surface area contributed by atoms with Crippen LogP contribution in [0.4, 0.5) is 5.95 Å². The number of anilines is 1. The molecule has 1 N–H and O–H groups in total. The van der Waals surface area contributed by atoms with E-state index in [0.717, 1.165) is 22.4 Å². The van der Waals surface area contributed by atoms with Gasteiger partial charge in [0.25, 0.3) is 0 Å². The predicted molar refractivity (Wildman–Crippen MR) is 125 cm³/mol. The van der Waals surface area contributed by atoms with Crippen LogP contribution < -0.4 is 5.32 Å². The maximum absolute atomic E-state index is 4.72. The molecule has 3 aromatic carbocycles. The molecule has 0 saturated carbocycles. The topological polar surface area (TPSA) is 55.6 Å². The second-order valence-electron chi connectivity index (χ2n) is 7.70. The van der Waals surface area contributed by atoms with Crippen LogP contribution in [0.15, 0.2) is 91.4 Å². The Kier molecular flexibility index (Phi) is 4.92. The molecule has 5 aromatic rings. The fourth-order valence-electron chi connectivity index (χ4n) is 3.77. The third-order valence-corrected chi connectivity index (χ3v) is 5.43. The highest BCUT2D eigenvalue weighted by Crippen LogP contribution is 2.26. The summed E-state index contributed by atoms with van der Waals surface area (Å²) in [6.45, 7) is 4.21. The van der Waals surface area contributed by atoms with Crippen LogP contribution in [0.3, 0.4) is 0 Å². The van der Waals surface area contributed by atoms with Crippen molar-refractivity contribution < 1.29 is 0 Å². The largest absolute Gasteiger partial charge is 0.348 e. The third kappa shape index (κ3) is 3.90. The van der Waals surface area contributed by atoms with E-state index >= 15 is 0 Å². The molecule has 0 amide bonds. The summed E-state index contributed by atoms with van der Waals surface area (Å²) in [4.78, 5) is 13.7. The third-order valence-electron chi connectivity index (χ3n) is 5.43. The quantitative estimate of drug-likeness (QED) is 0.392. The minimum atomic E-state index is 0.105. The van der Waals surface area contributed by atoms with Gasteiger partial charge in [-0.15, -0.1) is 0 Å². The minimum Gasteiger partial charge on any atom is -0.348 e. The van der Waals surface area contributed by atoms with E-state index < -0.39 is 0 Å². The van der Waals surface area contributed by atoms with Crippen molar-refractivity contribution >= 4 is 17.0 Å². The Balaban J connectivity index is 1.45. The molecule has 0 aliphatic carbocycles. The predicted octanol–water partition coefficient (Wildman–Crippen LogP) is 5.96. The summed E-state index contributed by atoms with van der Waals surface area (Å²) in [6, 6.07) is 27.1. The van der Waals surface area contributed by atoms with Gasteiger partial charge < -0.3 is 5.32 Å². The second kappa shape index (κ2) is 8.03. The van der Waals surface area contributed by atoms with Crippen LogP contribution in [0.5, 0.6) is 0 Å². The van der Waals surface area contributed by atoms with Crippen molar-refractivity contribution in [2.24, 2.45) is 0 Å². The number of imidazole rings is 1. The molecule has 5 heteroatoms. The first-order valence-electron chi connectivity index (χ1n) is 10.4. The Morgan fingerprint density at radius 1 is 0.839 bits per heavy atom. The standard InChI is InChI=1S/C26H23N5/c1-18-7-6-10-21(15-18)22-11-12-24-23(16-22)28-17-31(24)25-13-14-27-26(30-25)29-19(2)20-8-4-3-5-9-20/h3-17,19H,1-2H3,(H,27,29,30). The fourth-order valence-corrected chi connectivity index (χ4v) is 3.77. The SMILES string of the molecule is Cc1cccc(-c2ccc3c(c2)ncn3-c2ccnc(NC(C)c3ccccc3)n2)c1. The van der Waals surface area contributed by atoms with Gasteiger partial charge in [-0.2, -0.15) is 4.98 Å². The first-order valence-corrected chi connectivity index (χ1v) is 10.4. The summed E-state index contributed by atoms with van der Waals surface area (Å²) >= 11 is 0. The number of nitrogens with one attached hydrogen (secondary N) is 1. The van der Waals surface area contributed by atoms with Crippen LogP contribution in [0.2, 0.25) is 0 Å². The summed E-state index contributed by atoms with van der Waals surface area (Å²) in [5.41, 5.74) is 6.73. The molecule has 0 spiro atoms. The molecule has 5 nitrogen and oxygen atoms in total. The molecule has 2 aromatic heterocycles. The number of aromatic nitrogens is 4. The van der Waals surface area contributed by atoms with Crippen LogP contribution in [-0.4, -0.2) is 19.5 Å². The monoisotopic (exact) mass is 405 g/mol. The zero-order valence-electron chi connectivity index (χ0n) is 17.5. The Morgan fingerprint density at radius 3 is 2.52 bits per heavy atom. The van der Waals surface area contributed by atoms with Crippen molar-refractivity contribution in [2.45, 2.75) is 19.9 Å². The van der Waals surface area contributed by atoms with Crippen LogP contribution in [0.1, 0.15) is 24.1 Å². The maximum Gasteiger partial charge on any atom is 0.225 e. The highest BCUT2D eigenvalue weighted by Gasteiger charge is 2.11. The van der Waals surface area contributed by atoms with Gasteiger partial charge in [-0.1, -0.05) is 66.2 Å². The molecular weight excluding hydrogens is 382 g/mol. The van der Waals surface area contributed by atoms with E-state index in [4.69, 9.17) is 4.98 Å². The first kappa shape index (κ1) is 19.0. The number of fused-ring (bicyclic) bond motifs is 1. The number of benzene rings is 3. The summed E-state index contributed by atoms with van der Waals surface area (Å²) in [7, 11) is 0. The highest BCUT2D eigenvalue weighted by molar-refractivity contribution is 5.83. The number of hydrogen-bond acceptors (Lipinski definition) is 4. The smallest absolute Gasteiger partial charge is 0.225 e. The molecule has 0 aliphatic rings. The zero-order valence-corrected chi connectivity index (χ0v) is 17.5. The molecule has 0 fully saturated rings. The average molecular weight is 406 g/mol. The highest BCUT2D eigenvalue weighted by atomic mass is 15.2. The zero-order chi connectivity index (χ0) is 21.2. The molecule has 5 rings (SSSR count). The molecular formula is C26H23N5. The van der Waals surface area contributed by atoms with E-state index in [2.05, 4.69) is 83.7 Å². The number of rotatable bonds is 5. The lowest BCUT2D eigenvalue weighted by Gasteiger charge is -2.14. The van der Waals surface area contributed by atoms with Gasteiger partial charge in [-0.3, -0.25) is 4.57 Å². The second-order valence-corrected chi connectivity index (χ2v) is 7.70. The molecule has 1 atom stereocenters. The van der Waals surface area contributed by atoms with E-state index in [1.54, 1.807) is 6.20 Å². The van der Waals surface area contributed by atoms with Gasteiger partial charge in [0.1, 0.15) is 12.1 Å². The molecule has 2 heterocycles. The van der Waals surface area contributed by atoms with E-state index in [-0.39, 0.29) is 6.04 Å². The molecule has 0 aliphatic heterocycles. The Hall–Kier alpha value is -3.99. The van der Waals surface area contributed by atoms with Crippen LogP contribution in [-0.2, 0) is 0 Å². The minimum absolute atomic E-state index is 0.105. The molecule has 31 heavy (non-hydrogen) atoms. The molecule has 152 valence electrons. The summed E-state index contributed by atoms with van der Waals surface area (Å²) < 4.78 is 2.00. The van der Waals surface area contributed by atoms with Crippen LogP contribution in [0.25, 0.3) is 28.0 Å². The normalized spacial score (nSPS) is 12.1. The lowest BCUT2D eigenvalue weighted by atomic mass is 10.0. The average Bonchev–Trinajstić information content (AvgIpc) is 3.23. The van der Waals surface area contributed by atoms with Gasteiger partial charge >= 0.3 is 0 Å². The maximum atomic E-state index is 4.72. The number of nitrogens with zero attached hydrogens (tertiary/aromatic N) is 4. The van der Waals surface area contributed by atoms with Crippen molar-refractivity contribution in [3.8, 4) is 16.9 Å². The van der Waals surface area contributed by atoms with Crippen molar-refractivity contribution in [3.05, 3.63) is 103 Å². The Labute approximate surface area is 181 Å². The lowest BCUT2D eigenvalue weighted by molar-refractivity contribution is 0.854.